The Kier molecular flexibility index (Phi) is 9.83. The number of benzene rings is 3. The number of halogens is 1. The first-order chi connectivity index (χ1) is 18.5. The van der Waals surface area contributed by atoms with Crippen LogP contribution in [-0.2, 0) is 27.4 Å². The zero-order chi connectivity index (χ0) is 26.9. The molecule has 0 N–H and O–H groups in total. The lowest BCUT2D eigenvalue weighted by atomic mass is 10.1. The van der Waals surface area contributed by atoms with Crippen LogP contribution >= 0.6 is 34.4 Å². The third-order valence-electron chi connectivity index (χ3n) is 5.50. The molecule has 1 saturated heterocycles. The Hall–Kier alpha value is -3.31. The van der Waals surface area contributed by atoms with Crippen LogP contribution in [0.15, 0.2) is 82.7 Å². The molecular weight excluding hydrogens is 615 g/mol. The molecule has 0 aromatic heterocycles. The van der Waals surface area contributed by atoms with Gasteiger partial charge in [0, 0.05) is 0 Å². The number of carbonyl (C=O) groups excluding carboxylic acids is 2. The van der Waals surface area contributed by atoms with Crippen LogP contribution in [-0.4, -0.2) is 42.3 Å². The first-order valence-electron chi connectivity index (χ1n) is 12.0. The van der Waals surface area contributed by atoms with Gasteiger partial charge in [-0.25, -0.2) is 4.79 Å². The van der Waals surface area contributed by atoms with Crippen LogP contribution in [0.25, 0.3) is 6.08 Å². The number of ether oxygens (including phenoxy) is 3. The standard InChI is InChI=1S/C29H27IN2O5S/c1-3-36-26(33)19-37-27-23(30)14-22(15-24(27)35-2)16-25-28(34)32(18-21-12-8-5-9-13-21)29(38-25)31-17-20-10-6-4-7-11-20/h4-16H,3,17-19H2,1-2H3/b25-16-,31-29?. The van der Waals surface area contributed by atoms with Gasteiger partial charge < -0.3 is 14.2 Å². The van der Waals surface area contributed by atoms with Gasteiger partial charge in [-0.3, -0.25) is 14.7 Å². The number of amides is 1. The normalized spacial score (nSPS) is 15.2. The summed E-state index contributed by atoms with van der Waals surface area (Å²) in [6.07, 6.45) is 1.83. The van der Waals surface area contributed by atoms with Crippen LogP contribution in [0.1, 0.15) is 23.6 Å². The summed E-state index contributed by atoms with van der Waals surface area (Å²) in [7, 11) is 1.53. The number of aliphatic imine (C=N–C) groups is 1. The van der Waals surface area contributed by atoms with Crippen molar-refractivity contribution in [2.45, 2.75) is 20.0 Å². The molecule has 0 spiro atoms. The number of carbonyl (C=O) groups is 2. The monoisotopic (exact) mass is 642 g/mol. The van der Waals surface area contributed by atoms with E-state index in [9.17, 15) is 9.59 Å². The minimum Gasteiger partial charge on any atom is -0.493 e. The molecular formula is C29H27IN2O5S. The summed E-state index contributed by atoms with van der Waals surface area (Å²) in [4.78, 5) is 32.3. The van der Waals surface area contributed by atoms with Gasteiger partial charge in [-0.2, -0.15) is 0 Å². The van der Waals surface area contributed by atoms with E-state index in [1.165, 1.54) is 18.9 Å². The molecule has 3 aromatic carbocycles. The molecule has 9 heteroatoms. The molecule has 196 valence electrons. The van der Waals surface area contributed by atoms with Crippen LogP contribution in [0.2, 0.25) is 0 Å². The molecule has 0 atom stereocenters. The minimum atomic E-state index is -0.453. The second-order valence-electron chi connectivity index (χ2n) is 8.20. The molecule has 1 amide bonds. The quantitative estimate of drug-likeness (QED) is 0.156. The predicted molar refractivity (Wildman–Crippen MR) is 158 cm³/mol. The van der Waals surface area contributed by atoms with Crippen molar-refractivity contribution in [3.63, 3.8) is 0 Å². The largest absolute Gasteiger partial charge is 0.493 e. The molecule has 0 saturated carbocycles. The minimum absolute atomic E-state index is 0.109. The van der Waals surface area contributed by atoms with E-state index < -0.39 is 5.97 Å². The highest BCUT2D eigenvalue weighted by molar-refractivity contribution is 14.1. The summed E-state index contributed by atoms with van der Waals surface area (Å²) in [6, 6.07) is 23.5. The van der Waals surface area contributed by atoms with Crippen LogP contribution in [0.5, 0.6) is 11.5 Å². The van der Waals surface area contributed by atoms with Gasteiger partial charge in [0.15, 0.2) is 23.3 Å². The fourth-order valence-corrected chi connectivity index (χ4v) is 5.48. The van der Waals surface area contributed by atoms with Gasteiger partial charge in [-0.15, -0.1) is 0 Å². The maximum atomic E-state index is 13.5. The summed E-state index contributed by atoms with van der Waals surface area (Å²) in [5.41, 5.74) is 2.87. The van der Waals surface area contributed by atoms with E-state index in [0.29, 0.717) is 34.7 Å². The molecule has 0 radical (unpaired) electrons. The zero-order valence-electron chi connectivity index (χ0n) is 21.1. The van der Waals surface area contributed by atoms with E-state index in [-0.39, 0.29) is 19.1 Å². The lowest BCUT2D eigenvalue weighted by Crippen LogP contribution is -2.28. The molecule has 3 aromatic rings. The maximum absolute atomic E-state index is 13.5. The van der Waals surface area contributed by atoms with Gasteiger partial charge >= 0.3 is 5.97 Å². The van der Waals surface area contributed by atoms with Crippen LogP contribution in [0.4, 0.5) is 0 Å². The molecule has 1 aliphatic rings. The van der Waals surface area contributed by atoms with Crippen molar-refractivity contribution < 1.29 is 23.8 Å². The van der Waals surface area contributed by atoms with Crippen LogP contribution < -0.4 is 9.47 Å². The Morgan fingerprint density at radius 3 is 2.39 bits per heavy atom. The number of esters is 1. The van der Waals surface area contributed by atoms with Gasteiger partial charge in [-0.05, 0) is 76.2 Å². The van der Waals surface area contributed by atoms with Crippen LogP contribution in [0, 0.1) is 3.57 Å². The molecule has 4 rings (SSSR count). The van der Waals surface area contributed by atoms with Crippen molar-refractivity contribution in [2.24, 2.45) is 4.99 Å². The highest BCUT2D eigenvalue weighted by Crippen LogP contribution is 2.38. The topological polar surface area (TPSA) is 77.4 Å². The van der Waals surface area contributed by atoms with E-state index in [1.54, 1.807) is 17.9 Å². The van der Waals surface area contributed by atoms with Gasteiger partial charge in [-0.1, -0.05) is 60.7 Å². The van der Waals surface area contributed by atoms with E-state index in [4.69, 9.17) is 19.2 Å². The highest BCUT2D eigenvalue weighted by atomic mass is 127. The first-order valence-corrected chi connectivity index (χ1v) is 13.9. The van der Waals surface area contributed by atoms with Crippen LogP contribution in [0.3, 0.4) is 0 Å². The molecule has 0 aliphatic carbocycles. The lowest BCUT2D eigenvalue weighted by molar-refractivity contribution is -0.145. The predicted octanol–water partition coefficient (Wildman–Crippen LogP) is 5.91. The molecule has 38 heavy (non-hydrogen) atoms. The molecule has 1 aliphatic heterocycles. The lowest BCUT2D eigenvalue weighted by Gasteiger charge is -2.15. The van der Waals surface area contributed by atoms with Crippen molar-refractivity contribution in [3.8, 4) is 11.5 Å². The summed E-state index contributed by atoms with van der Waals surface area (Å²) in [5.74, 6) is 0.347. The molecule has 1 heterocycles. The summed E-state index contributed by atoms with van der Waals surface area (Å²) >= 11 is 3.48. The molecule has 7 nitrogen and oxygen atoms in total. The fourth-order valence-electron chi connectivity index (χ4n) is 3.72. The fraction of sp³-hybridized carbons (Fsp3) is 0.207. The number of hydrogen-bond acceptors (Lipinski definition) is 7. The number of thioether (sulfide) groups is 1. The second-order valence-corrected chi connectivity index (χ2v) is 10.4. The Morgan fingerprint density at radius 2 is 1.74 bits per heavy atom. The van der Waals surface area contributed by atoms with E-state index in [2.05, 4.69) is 22.6 Å². The Bertz CT molecular complexity index is 1350. The Morgan fingerprint density at radius 1 is 1.05 bits per heavy atom. The summed E-state index contributed by atoms with van der Waals surface area (Å²) < 4.78 is 16.9. The number of amidine groups is 1. The average Bonchev–Trinajstić information content (AvgIpc) is 3.21. The highest BCUT2D eigenvalue weighted by Gasteiger charge is 2.33. The van der Waals surface area contributed by atoms with Gasteiger partial charge in [0.25, 0.3) is 5.91 Å². The van der Waals surface area contributed by atoms with Crippen molar-refractivity contribution >= 4 is 57.5 Å². The maximum Gasteiger partial charge on any atom is 0.344 e. The number of nitrogens with zero attached hydrogens (tertiary/aromatic N) is 2. The molecule has 0 bridgehead atoms. The van der Waals surface area contributed by atoms with E-state index in [0.717, 1.165) is 20.3 Å². The number of hydrogen-bond donors (Lipinski definition) is 0. The SMILES string of the molecule is CCOC(=O)COc1c(I)cc(/C=C2\SC(=NCc3ccccc3)N(Cc3ccccc3)C2=O)cc1OC. The molecule has 0 unspecified atom stereocenters. The Labute approximate surface area is 240 Å². The van der Waals surface area contributed by atoms with E-state index >= 15 is 0 Å². The zero-order valence-corrected chi connectivity index (χ0v) is 24.0. The van der Waals surface area contributed by atoms with Gasteiger partial charge in [0.05, 0.1) is 35.3 Å². The smallest absolute Gasteiger partial charge is 0.344 e. The first kappa shape index (κ1) is 27.7. The van der Waals surface area contributed by atoms with Crippen molar-refractivity contribution in [3.05, 3.63) is 98.0 Å². The van der Waals surface area contributed by atoms with Gasteiger partial charge in [0.2, 0.25) is 0 Å². The van der Waals surface area contributed by atoms with Crippen molar-refractivity contribution in [2.75, 3.05) is 20.3 Å². The average molecular weight is 643 g/mol. The third-order valence-corrected chi connectivity index (χ3v) is 7.35. The second kappa shape index (κ2) is 13.5. The summed E-state index contributed by atoms with van der Waals surface area (Å²) in [5, 5.41) is 0.657. The van der Waals surface area contributed by atoms with Crippen molar-refractivity contribution in [1.82, 2.24) is 4.90 Å². The number of methoxy groups -OCH3 is 1. The third kappa shape index (κ3) is 7.16. The Balaban J connectivity index is 1.61. The van der Waals surface area contributed by atoms with Gasteiger partial charge in [0.1, 0.15) is 0 Å². The van der Waals surface area contributed by atoms with E-state index in [1.807, 2.05) is 72.8 Å². The number of rotatable bonds is 10. The van der Waals surface area contributed by atoms with Crippen molar-refractivity contribution in [1.29, 1.82) is 0 Å². The summed E-state index contributed by atoms with van der Waals surface area (Å²) in [6.45, 7) is 2.72. The molecule has 1 fully saturated rings.